The summed E-state index contributed by atoms with van der Waals surface area (Å²) in [4.78, 5) is 2.45. The van der Waals surface area contributed by atoms with Crippen molar-refractivity contribution in [3.8, 4) is 5.75 Å². The molecule has 0 aliphatic carbocycles. The van der Waals surface area contributed by atoms with E-state index in [1.165, 1.54) is 5.56 Å². The summed E-state index contributed by atoms with van der Waals surface area (Å²) in [7, 11) is 1.70. The molecule has 6 heteroatoms. The summed E-state index contributed by atoms with van der Waals surface area (Å²) >= 11 is 0. The molecule has 2 aliphatic heterocycles. The van der Waals surface area contributed by atoms with Gasteiger partial charge in [-0.15, -0.1) is 5.10 Å². The average molecular weight is 300 g/mol. The first-order valence-corrected chi connectivity index (χ1v) is 7.69. The van der Waals surface area contributed by atoms with E-state index in [4.69, 9.17) is 9.47 Å². The van der Waals surface area contributed by atoms with Crippen molar-refractivity contribution in [2.24, 2.45) is 0 Å². The number of hydrogen-bond donors (Lipinski definition) is 0. The van der Waals surface area contributed by atoms with Gasteiger partial charge in [-0.05, 0) is 24.1 Å². The fourth-order valence-corrected chi connectivity index (χ4v) is 3.42. The topological polar surface area (TPSA) is 52.4 Å². The van der Waals surface area contributed by atoms with Crippen LogP contribution in [0.4, 0.5) is 0 Å². The minimum Gasteiger partial charge on any atom is -0.497 e. The quantitative estimate of drug-likeness (QED) is 0.862. The van der Waals surface area contributed by atoms with E-state index in [0.29, 0.717) is 6.61 Å². The molecule has 1 saturated heterocycles. The lowest BCUT2D eigenvalue weighted by atomic mass is 10.00. The van der Waals surface area contributed by atoms with Gasteiger partial charge in [0.2, 0.25) is 0 Å². The van der Waals surface area contributed by atoms with Crippen LogP contribution in [0, 0.1) is 0 Å². The van der Waals surface area contributed by atoms with Gasteiger partial charge in [-0.3, -0.25) is 4.90 Å². The Labute approximate surface area is 129 Å². The monoisotopic (exact) mass is 300 g/mol. The molecule has 6 nitrogen and oxygen atoms in total. The molecule has 1 aromatic carbocycles. The van der Waals surface area contributed by atoms with E-state index in [0.717, 1.165) is 37.5 Å². The standard InChI is InChI=1S/C16H20N4O2/c1-21-14-4-2-3-12(7-14)9-19-6-5-16-15(10-19)20-13(11-22-16)8-17-18-20/h2-4,7-8,15-16H,5-6,9-11H2,1H3/t15-,16+/m0/s1. The van der Waals surface area contributed by atoms with Crippen LogP contribution in [-0.4, -0.2) is 46.2 Å². The van der Waals surface area contributed by atoms with Crippen molar-refractivity contribution >= 4 is 0 Å². The van der Waals surface area contributed by atoms with Gasteiger partial charge in [0, 0.05) is 19.6 Å². The molecule has 0 unspecified atom stereocenters. The lowest BCUT2D eigenvalue weighted by Crippen LogP contribution is -2.47. The van der Waals surface area contributed by atoms with Gasteiger partial charge < -0.3 is 9.47 Å². The van der Waals surface area contributed by atoms with Crippen molar-refractivity contribution in [1.82, 2.24) is 19.9 Å². The molecule has 2 atom stereocenters. The Morgan fingerprint density at radius 3 is 3.27 bits per heavy atom. The van der Waals surface area contributed by atoms with Crippen molar-refractivity contribution in [2.45, 2.75) is 31.7 Å². The zero-order valence-corrected chi connectivity index (χ0v) is 12.7. The van der Waals surface area contributed by atoms with Gasteiger partial charge in [0.05, 0.1) is 37.8 Å². The number of hydrogen-bond acceptors (Lipinski definition) is 5. The maximum Gasteiger partial charge on any atom is 0.119 e. The van der Waals surface area contributed by atoms with Crippen LogP contribution in [0.3, 0.4) is 0 Å². The number of methoxy groups -OCH3 is 1. The van der Waals surface area contributed by atoms with Gasteiger partial charge in [-0.1, -0.05) is 17.3 Å². The molecule has 2 aliphatic rings. The van der Waals surface area contributed by atoms with Gasteiger partial charge in [0.25, 0.3) is 0 Å². The first-order chi connectivity index (χ1) is 10.8. The molecule has 0 saturated carbocycles. The van der Waals surface area contributed by atoms with Crippen molar-refractivity contribution < 1.29 is 9.47 Å². The molecule has 3 heterocycles. The van der Waals surface area contributed by atoms with Crippen molar-refractivity contribution in [2.75, 3.05) is 20.2 Å². The largest absolute Gasteiger partial charge is 0.497 e. The normalized spacial score (nSPS) is 24.6. The molecule has 22 heavy (non-hydrogen) atoms. The molecule has 116 valence electrons. The molecule has 1 aromatic heterocycles. The molecule has 0 spiro atoms. The van der Waals surface area contributed by atoms with E-state index >= 15 is 0 Å². The number of rotatable bonds is 3. The van der Waals surface area contributed by atoms with E-state index in [-0.39, 0.29) is 12.1 Å². The van der Waals surface area contributed by atoms with Crippen molar-refractivity contribution in [3.05, 3.63) is 41.7 Å². The SMILES string of the molecule is COc1cccc(CN2CC[C@H]3OCc4cnnn4[C@H]3C2)c1. The summed E-state index contributed by atoms with van der Waals surface area (Å²) in [6.07, 6.45) is 3.10. The second kappa shape index (κ2) is 5.70. The Kier molecular flexibility index (Phi) is 3.56. The maximum atomic E-state index is 5.95. The van der Waals surface area contributed by atoms with Crippen LogP contribution in [0.1, 0.15) is 23.7 Å². The van der Waals surface area contributed by atoms with Crippen molar-refractivity contribution in [1.29, 1.82) is 0 Å². The van der Waals surface area contributed by atoms with Crippen LogP contribution in [-0.2, 0) is 17.9 Å². The summed E-state index contributed by atoms with van der Waals surface area (Å²) in [5, 5.41) is 8.27. The predicted octanol–water partition coefficient (Wildman–Crippen LogP) is 1.63. The van der Waals surface area contributed by atoms with Crippen LogP contribution in [0.25, 0.3) is 0 Å². The minimum absolute atomic E-state index is 0.260. The van der Waals surface area contributed by atoms with E-state index in [1.807, 2.05) is 16.8 Å². The van der Waals surface area contributed by atoms with E-state index < -0.39 is 0 Å². The Morgan fingerprint density at radius 2 is 2.36 bits per heavy atom. The third-order valence-electron chi connectivity index (χ3n) is 4.55. The maximum absolute atomic E-state index is 5.95. The molecule has 0 amide bonds. The highest BCUT2D eigenvalue weighted by Crippen LogP contribution is 2.30. The predicted molar refractivity (Wildman–Crippen MR) is 80.5 cm³/mol. The lowest BCUT2D eigenvalue weighted by molar-refractivity contribution is -0.0669. The van der Waals surface area contributed by atoms with Gasteiger partial charge in [-0.25, -0.2) is 4.68 Å². The smallest absolute Gasteiger partial charge is 0.119 e. The third kappa shape index (κ3) is 2.48. The Balaban J connectivity index is 1.49. The Bertz CT molecular complexity index is 657. The zero-order chi connectivity index (χ0) is 14.9. The van der Waals surface area contributed by atoms with Gasteiger partial charge >= 0.3 is 0 Å². The van der Waals surface area contributed by atoms with Gasteiger partial charge in [0.1, 0.15) is 5.75 Å². The highest BCUT2D eigenvalue weighted by atomic mass is 16.5. The summed E-state index contributed by atoms with van der Waals surface area (Å²) in [6.45, 7) is 3.54. The fourth-order valence-electron chi connectivity index (χ4n) is 3.42. The summed E-state index contributed by atoms with van der Waals surface area (Å²) in [6, 6.07) is 8.54. The average Bonchev–Trinajstić information content (AvgIpc) is 3.04. The van der Waals surface area contributed by atoms with Gasteiger partial charge in [-0.2, -0.15) is 0 Å². The highest BCUT2D eigenvalue weighted by Gasteiger charge is 2.36. The highest BCUT2D eigenvalue weighted by molar-refractivity contribution is 5.28. The number of aromatic nitrogens is 3. The minimum atomic E-state index is 0.260. The van der Waals surface area contributed by atoms with Crippen LogP contribution in [0.5, 0.6) is 5.75 Å². The van der Waals surface area contributed by atoms with Crippen molar-refractivity contribution in [3.63, 3.8) is 0 Å². The molecule has 1 fully saturated rings. The molecule has 0 N–H and O–H groups in total. The number of likely N-dealkylation sites (tertiary alicyclic amines) is 1. The molecule has 0 radical (unpaired) electrons. The lowest BCUT2D eigenvalue weighted by Gasteiger charge is -2.41. The first-order valence-electron chi connectivity index (χ1n) is 7.69. The molecular weight excluding hydrogens is 280 g/mol. The Morgan fingerprint density at radius 1 is 1.41 bits per heavy atom. The zero-order valence-electron chi connectivity index (χ0n) is 12.7. The first kappa shape index (κ1) is 13.7. The van der Waals surface area contributed by atoms with Crippen LogP contribution < -0.4 is 4.74 Å². The number of benzene rings is 1. The second-order valence-electron chi connectivity index (χ2n) is 5.96. The molecule has 4 rings (SSSR count). The molecule has 0 bridgehead atoms. The van der Waals surface area contributed by atoms with E-state index in [2.05, 4.69) is 27.3 Å². The summed E-state index contributed by atoms with van der Waals surface area (Å²) in [5.41, 5.74) is 2.35. The number of fused-ring (bicyclic) bond motifs is 3. The number of ether oxygens (including phenoxy) is 2. The van der Waals surface area contributed by atoms with Crippen LogP contribution in [0.15, 0.2) is 30.5 Å². The number of nitrogens with zero attached hydrogens (tertiary/aromatic N) is 4. The molecular formula is C16H20N4O2. The summed E-state index contributed by atoms with van der Waals surface area (Å²) in [5.74, 6) is 0.909. The van der Waals surface area contributed by atoms with Gasteiger partial charge in [0.15, 0.2) is 0 Å². The van der Waals surface area contributed by atoms with E-state index in [9.17, 15) is 0 Å². The Hall–Kier alpha value is -1.92. The number of piperidine rings is 1. The van der Waals surface area contributed by atoms with Crippen LogP contribution >= 0.6 is 0 Å². The fraction of sp³-hybridized carbons (Fsp3) is 0.500. The second-order valence-corrected chi connectivity index (χ2v) is 5.96. The third-order valence-corrected chi connectivity index (χ3v) is 4.55. The van der Waals surface area contributed by atoms with E-state index in [1.54, 1.807) is 13.3 Å². The summed E-state index contributed by atoms with van der Waals surface area (Å²) < 4.78 is 13.3. The molecule has 2 aromatic rings. The van der Waals surface area contributed by atoms with Crippen LogP contribution in [0.2, 0.25) is 0 Å².